The highest BCUT2D eigenvalue weighted by atomic mass is 35.5. The van der Waals surface area contributed by atoms with Crippen molar-refractivity contribution in [2.45, 2.75) is 25.2 Å². The van der Waals surface area contributed by atoms with Crippen molar-refractivity contribution >= 4 is 28.8 Å². The second-order valence-electron chi connectivity index (χ2n) is 5.43. The molecule has 23 heavy (non-hydrogen) atoms. The van der Waals surface area contributed by atoms with Crippen molar-refractivity contribution in [1.29, 1.82) is 0 Å². The molecule has 2 aromatic heterocycles. The molecule has 1 aliphatic heterocycles. The maximum atomic E-state index is 12.4. The number of carbonyl (C=O) groups is 1. The molecule has 2 atom stereocenters. The summed E-state index contributed by atoms with van der Waals surface area (Å²) in [7, 11) is 1.79. The minimum Gasteiger partial charge on any atom is -0.379 e. The molecule has 6 nitrogen and oxygen atoms in total. The zero-order valence-corrected chi connectivity index (χ0v) is 14.3. The van der Waals surface area contributed by atoms with Crippen molar-refractivity contribution < 1.29 is 14.3 Å². The molecule has 0 aliphatic carbocycles. The maximum absolute atomic E-state index is 12.4. The summed E-state index contributed by atoms with van der Waals surface area (Å²) in [6, 6.07) is 1.56. The number of hydrogen-bond acceptors (Lipinski definition) is 5. The Morgan fingerprint density at radius 3 is 3.22 bits per heavy atom. The lowest BCUT2D eigenvalue weighted by Crippen LogP contribution is -2.50. The first-order valence-electron chi connectivity index (χ1n) is 7.32. The van der Waals surface area contributed by atoms with E-state index in [1.807, 2.05) is 5.38 Å². The average Bonchev–Trinajstić information content (AvgIpc) is 3.15. The lowest BCUT2D eigenvalue weighted by molar-refractivity contribution is -0.0742. The Morgan fingerprint density at radius 1 is 1.65 bits per heavy atom. The third kappa shape index (κ3) is 4.11. The zero-order chi connectivity index (χ0) is 16.2. The maximum Gasteiger partial charge on any atom is 0.268 e. The Kier molecular flexibility index (Phi) is 5.32. The molecule has 0 aromatic carbocycles. The van der Waals surface area contributed by atoms with Crippen LogP contribution in [0.5, 0.6) is 0 Å². The van der Waals surface area contributed by atoms with Crippen LogP contribution >= 0.6 is 22.9 Å². The predicted molar refractivity (Wildman–Crippen MR) is 87.8 cm³/mol. The molecule has 0 radical (unpaired) electrons. The number of carbonyl (C=O) groups excluding carboxylic acids is 1. The Morgan fingerprint density at radius 2 is 2.52 bits per heavy atom. The van der Waals surface area contributed by atoms with Gasteiger partial charge < -0.3 is 19.4 Å². The molecule has 1 aliphatic rings. The van der Waals surface area contributed by atoms with Gasteiger partial charge in [0.15, 0.2) is 0 Å². The molecule has 8 heteroatoms. The first-order valence-corrected chi connectivity index (χ1v) is 8.64. The van der Waals surface area contributed by atoms with E-state index in [4.69, 9.17) is 21.1 Å². The predicted octanol–water partition coefficient (Wildman–Crippen LogP) is 2.24. The fourth-order valence-corrected chi connectivity index (χ4v) is 3.33. The van der Waals surface area contributed by atoms with Crippen LogP contribution < -0.4 is 5.32 Å². The summed E-state index contributed by atoms with van der Waals surface area (Å²) in [5, 5.41) is 5.52. The molecule has 0 spiro atoms. The number of halogens is 1. The summed E-state index contributed by atoms with van der Waals surface area (Å²) in [5.74, 6) is -0.159. The summed E-state index contributed by atoms with van der Waals surface area (Å²) < 4.78 is 13.1. The summed E-state index contributed by atoms with van der Waals surface area (Å²) in [6.45, 7) is 1.48. The highest BCUT2D eigenvalue weighted by Gasteiger charge is 2.29. The summed E-state index contributed by atoms with van der Waals surface area (Å²) in [5.41, 5.74) is 3.19. The number of ether oxygens (including phenoxy) is 2. The molecule has 1 fully saturated rings. The molecule has 0 unspecified atom stereocenters. The van der Waals surface area contributed by atoms with Crippen molar-refractivity contribution in [2.75, 3.05) is 13.2 Å². The number of nitrogens with zero attached hydrogens (tertiary/aromatic N) is 2. The van der Waals surface area contributed by atoms with Gasteiger partial charge in [0.1, 0.15) is 11.8 Å². The lowest BCUT2D eigenvalue weighted by Gasteiger charge is -2.32. The number of nitrogens with one attached hydrogen (secondary N) is 1. The standard InChI is InChI=1S/C15H18ClN3O3S/c1-19-5-10(16)4-13(19)15(20)18-12-2-3-21-7-14(12)22-6-11-8-23-9-17-11/h4-5,8-9,12,14H,2-3,6-7H2,1H3,(H,18,20)/t12-,14-/m1/s1. The van der Waals surface area contributed by atoms with Crippen LogP contribution in [-0.2, 0) is 23.1 Å². The molecule has 2 aromatic rings. The van der Waals surface area contributed by atoms with Gasteiger partial charge in [-0.2, -0.15) is 0 Å². The average molecular weight is 356 g/mol. The van der Waals surface area contributed by atoms with Crippen molar-refractivity contribution in [2.24, 2.45) is 7.05 Å². The third-order valence-electron chi connectivity index (χ3n) is 3.75. The van der Waals surface area contributed by atoms with E-state index < -0.39 is 0 Å². The van der Waals surface area contributed by atoms with Crippen LogP contribution in [0.25, 0.3) is 0 Å². The molecule has 0 bridgehead atoms. The van der Waals surface area contributed by atoms with E-state index >= 15 is 0 Å². The topological polar surface area (TPSA) is 65.4 Å². The van der Waals surface area contributed by atoms with Gasteiger partial charge in [-0.1, -0.05) is 11.6 Å². The van der Waals surface area contributed by atoms with Crippen LogP contribution in [-0.4, -0.2) is 40.8 Å². The van der Waals surface area contributed by atoms with E-state index in [9.17, 15) is 4.79 Å². The molecule has 3 heterocycles. The van der Waals surface area contributed by atoms with Gasteiger partial charge in [-0.3, -0.25) is 4.79 Å². The lowest BCUT2D eigenvalue weighted by atomic mass is 10.1. The highest BCUT2D eigenvalue weighted by Crippen LogP contribution is 2.17. The van der Waals surface area contributed by atoms with Gasteiger partial charge in [0, 0.05) is 25.2 Å². The Labute approximate surface area is 143 Å². The van der Waals surface area contributed by atoms with Crippen molar-refractivity contribution in [3.05, 3.63) is 39.6 Å². The number of hydrogen-bond donors (Lipinski definition) is 1. The van der Waals surface area contributed by atoms with E-state index in [0.717, 1.165) is 5.69 Å². The smallest absolute Gasteiger partial charge is 0.268 e. The monoisotopic (exact) mass is 355 g/mol. The molecule has 0 saturated carbocycles. The molecule has 1 N–H and O–H groups in total. The first-order chi connectivity index (χ1) is 11.1. The minimum absolute atomic E-state index is 0.0939. The van der Waals surface area contributed by atoms with Crippen LogP contribution in [0, 0.1) is 0 Å². The molecule has 124 valence electrons. The van der Waals surface area contributed by atoms with E-state index in [1.165, 1.54) is 11.3 Å². The van der Waals surface area contributed by atoms with E-state index in [0.29, 0.717) is 37.0 Å². The number of aromatic nitrogens is 2. The Bertz CT molecular complexity index is 659. The SMILES string of the molecule is Cn1cc(Cl)cc1C(=O)N[C@@H]1CCOC[C@H]1OCc1cscn1. The second kappa shape index (κ2) is 7.44. The van der Waals surface area contributed by atoms with Gasteiger partial charge in [-0.15, -0.1) is 11.3 Å². The number of thiazole rings is 1. The van der Waals surface area contributed by atoms with Crippen LogP contribution in [0.3, 0.4) is 0 Å². The first kappa shape index (κ1) is 16.4. The molecule has 3 rings (SSSR count). The van der Waals surface area contributed by atoms with E-state index in [2.05, 4.69) is 10.3 Å². The fraction of sp³-hybridized carbons (Fsp3) is 0.467. The van der Waals surface area contributed by atoms with Gasteiger partial charge in [0.25, 0.3) is 5.91 Å². The quantitative estimate of drug-likeness (QED) is 0.893. The van der Waals surface area contributed by atoms with Gasteiger partial charge in [-0.05, 0) is 12.5 Å². The summed E-state index contributed by atoms with van der Waals surface area (Å²) >= 11 is 7.47. The number of rotatable bonds is 5. The zero-order valence-electron chi connectivity index (χ0n) is 12.7. The molecular formula is C15H18ClN3O3S. The molecule has 1 amide bonds. The van der Waals surface area contributed by atoms with Crippen LogP contribution in [0.4, 0.5) is 0 Å². The van der Waals surface area contributed by atoms with E-state index in [-0.39, 0.29) is 18.1 Å². The van der Waals surface area contributed by atoms with Gasteiger partial charge >= 0.3 is 0 Å². The van der Waals surface area contributed by atoms with Crippen LogP contribution in [0.15, 0.2) is 23.2 Å². The molecular weight excluding hydrogens is 338 g/mol. The van der Waals surface area contributed by atoms with Gasteiger partial charge in [-0.25, -0.2) is 4.98 Å². The number of amides is 1. The van der Waals surface area contributed by atoms with Crippen molar-refractivity contribution in [3.63, 3.8) is 0 Å². The number of aryl methyl sites for hydroxylation is 1. The Balaban J connectivity index is 1.61. The van der Waals surface area contributed by atoms with Crippen molar-refractivity contribution in [1.82, 2.24) is 14.9 Å². The van der Waals surface area contributed by atoms with E-state index in [1.54, 1.807) is 29.4 Å². The van der Waals surface area contributed by atoms with Gasteiger partial charge in [0.2, 0.25) is 0 Å². The largest absolute Gasteiger partial charge is 0.379 e. The second-order valence-corrected chi connectivity index (χ2v) is 6.58. The molecule has 1 saturated heterocycles. The highest BCUT2D eigenvalue weighted by molar-refractivity contribution is 7.07. The summed E-state index contributed by atoms with van der Waals surface area (Å²) in [6.07, 6.45) is 2.23. The van der Waals surface area contributed by atoms with Crippen LogP contribution in [0.2, 0.25) is 5.02 Å². The van der Waals surface area contributed by atoms with Crippen LogP contribution in [0.1, 0.15) is 22.6 Å². The fourth-order valence-electron chi connectivity index (χ4n) is 2.53. The third-order valence-corrected chi connectivity index (χ3v) is 4.60. The van der Waals surface area contributed by atoms with Gasteiger partial charge in [0.05, 0.1) is 35.5 Å². The Hall–Kier alpha value is -1.41. The normalized spacial score (nSPS) is 21.3. The summed E-state index contributed by atoms with van der Waals surface area (Å²) in [4.78, 5) is 16.6. The minimum atomic E-state index is -0.190. The van der Waals surface area contributed by atoms with Crippen molar-refractivity contribution in [3.8, 4) is 0 Å².